The minimum absolute atomic E-state index is 0.203. The van der Waals surface area contributed by atoms with Crippen LogP contribution < -0.4 is 0 Å². The first kappa shape index (κ1) is 10.8. The summed E-state index contributed by atoms with van der Waals surface area (Å²) in [5.41, 5.74) is 0. The van der Waals surface area contributed by atoms with Crippen molar-refractivity contribution in [3.63, 3.8) is 0 Å². The third-order valence-electron chi connectivity index (χ3n) is 2.27. The third kappa shape index (κ3) is 2.20. The van der Waals surface area contributed by atoms with Gasteiger partial charge in [0.25, 0.3) is 11.1 Å². The van der Waals surface area contributed by atoms with Crippen molar-refractivity contribution in [1.82, 2.24) is 10.2 Å². The fourth-order valence-electron chi connectivity index (χ4n) is 1.46. The molecule has 0 saturated carbocycles. The van der Waals surface area contributed by atoms with Crippen molar-refractivity contribution in [1.29, 1.82) is 0 Å². The number of thiophene rings is 1. The molecule has 0 aliphatic carbocycles. The van der Waals surface area contributed by atoms with Crippen LogP contribution in [0.25, 0.3) is 10.8 Å². The smallest absolute Gasteiger partial charge is 0.319 e. The summed E-state index contributed by atoms with van der Waals surface area (Å²) < 4.78 is 10.4. The minimum Gasteiger partial charge on any atom is -0.465 e. The fourth-order valence-corrected chi connectivity index (χ4v) is 2.94. The van der Waals surface area contributed by atoms with Crippen LogP contribution in [0.3, 0.4) is 0 Å². The molecule has 3 rings (SSSR count). The molecule has 0 N–H and O–H groups in total. The molecule has 0 amide bonds. The Morgan fingerprint density at radius 3 is 3.12 bits per heavy atom. The van der Waals surface area contributed by atoms with Crippen molar-refractivity contribution in [3.05, 3.63) is 17.5 Å². The summed E-state index contributed by atoms with van der Waals surface area (Å²) in [6, 6.07) is 3.84. The number of aromatic nitrogens is 2. The van der Waals surface area contributed by atoms with Gasteiger partial charge in [-0.2, -0.15) is 0 Å². The van der Waals surface area contributed by atoms with Crippen LogP contribution in [0.15, 0.2) is 27.2 Å². The van der Waals surface area contributed by atoms with E-state index in [1.807, 2.05) is 17.5 Å². The van der Waals surface area contributed by atoms with Crippen LogP contribution in [0.1, 0.15) is 6.42 Å². The van der Waals surface area contributed by atoms with Gasteiger partial charge in [0.2, 0.25) is 0 Å². The Morgan fingerprint density at radius 2 is 2.41 bits per heavy atom. The largest absolute Gasteiger partial charge is 0.465 e. The Labute approximate surface area is 105 Å². The maximum absolute atomic E-state index is 11.3. The third-order valence-corrected chi connectivity index (χ3v) is 4.21. The number of carbonyl (C=O) groups excluding carboxylic acids is 1. The van der Waals surface area contributed by atoms with Gasteiger partial charge in [-0.1, -0.05) is 6.07 Å². The highest BCUT2D eigenvalue weighted by Crippen LogP contribution is 2.31. The lowest BCUT2D eigenvalue weighted by molar-refractivity contribution is -0.137. The van der Waals surface area contributed by atoms with Gasteiger partial charge in [0.05, 0.1) is 11.5 Å². The molecular formula is C10H8N2O3S2. The van der Waals surface area contributed by atoms with E-state index in [1.54, 1.807) is 0 Å². The summed E-state index contributed by atoms with van der Waals surface area (Å²) in [5.74, 6) is 0.291. The molecule has 2 aromatic rings. The van der Waals surface area contributed by atoms with Crippen LogP contribution in [0.2, 0.25) is 0 Å². The maximum atomic E-state index is 11.3. The number of hydrogen-bond acceptors (Lipinski definition) is 7. The Morgan fingerprint density at radius 1 is 1.47 bits per heavy atom. The average molecular weight is 268 g/mol. The maximum Gasteiger partial charge on any atom is 0.319 e. The van der Waals surface area contributed by atoms with Crippen LogP contribution in [0, 0.1) is 0 Å². The number of carbonyl (C=O) groups is 1. The molecule has 0 bridgehead atoms. The van der Waals surface area contributed by atoms with Crippen LogP contribution in [0.4, 0.5) is 0 Å². The predicted octanol–water partition coefficient (Wildman–Crippen LogP) is 2.21. The monoisotopic (exact) mass is 268 g/mol. The van der Waals surface area contributed by atoms with E-state index in [-0.39, 0.29) is 11.2 Å². The molecule has 0 spiro atoms. The number of esters is 1. The SMILES string of the molecule is O=C1OCC[C@@H]1Sc1nnc(-c2cccs2)o1. The molecule has 1 aliphatic rings. The Bertz CT molecular complexity index is 523. The molecule has 17 heavy (non-hydrogen) atoms. The normalized spacial score (nSPS) is 19.5. The molecule has 88 valence electrons. The number of rotatable bonds is 3. The molecule has 0 radical (unpaired) electrons. The van der Waals surface area contributed by atoms with Gasteiger partial charge in [-0.15, -0.1) is 21.5 Å². The van der Waals surface area contributed by atoms with Crippen LogP contribution in [-0.4, -0.2) is 28.0 Å². The van der Waals surface area contributed by atoms with E-state index in [4.69, 9.17) is 9.15 Å². The fraction of sp³-hybridized carbons (Fsp3) is 0.300. The van der Waals surface area contributed by atoms with Crippen molar-refractivity contribution in [2.75, 3.05) is 6.61 Å². The zero-order valence-corrected chi connectivity index (χ0v) is 10.3. The molecular weight excluding hydrogens is 260 g/mol. The molecule has 5 nitrogen and oxygen atoms in total. The number of ether oxygens (including phenoxy) is 1. The number of nitrogens with zero attached hydrogens (tertiary/aromatic N) is 2. The highest BCUT2D eigenvalue weighted by atomic mass is 32.2. The van der Waals surface area contributed by atoms with E-state index >= 15 is 0 Å². The molecule has 1 aliphatic heterocycles. The van der Waals surface area contributed by atoms with E-state index < -0.39 is 0 Å². The lowest BCUT2D eigenvalue weighted by Crippen LogP contribution is -2.09. The Hall–Kier alpha value is -1.34. The van der Waals surface area contributed by atoms with Crippen LogP contribution >= 0.6 is 23.1 Å². The lowest BCUT2D eigenvalue weighted by Gasteiger charge is -1.98. The summed E-state index contributed by atoms with van der Waals surface area (Å²) in [4.78, 5) is 12.2. The quantitative estimate of drug-likeness (QED) is 0.795. The van der Waals surface area contributed by atoms with Gasteiger partial charge in [0.15, 0.2) is 0 Å². The molecule has 0 aromatic carbocycles. The van der Waals surface area contributed by atoms with Gasteiger partial charge in [-0.3, -0.25) is 4.79 Å². The summed E-state index contributed by atoms with van der Waals surface area (Å²) in [5, 5.41) is 10.0. The first-order chi connectivity index (χ1) is 8.33. The number of thioether (sulfide) groups is 1. The zero-order valence-electron chi connectivity index (χ0n) is 8.66. The van der Waals surface area contributed by atoms with Gasteiger partial charge >= 0.3 is 5.97 Å². The molecule has 1 fully saturated rings. The van der Waals surface area contributed by atoms with Crippen molar-refractivity contribution in [3.8, 4) is 10.8 Å². The van der Waals surface area contributed by atoms with E-state index in [0.29, 0.717) is 24.1 Å². The van der Waals surface area contributed by atoms with E-state index in [1.165, 1.54) is 23.1 Å². The van der Waals surface area contributed by atoms with Crippen molar-refractivity contribution < 1.29 is 13.9 Å². The van der Waals surface area contributed by atoms with Gasteiger partial charge in [0.1, 0.15) is 5.25 Å². The second-order valence-corrected chi connectivity index (χ2v) is 5.51. The first-order valence-electron chi connectivity index (χ1n) is 5.03. The zero-order chi connectivity index (χ0) is 11.7. The number of cyclic esters (lactones) is 1. The van der Waals surface area contributed by atoms with Crippen molar-refractivity contribution in [2.24, 2.45) is 0 Å². The molecule has 2 aromatic heterocycles. The van der Waals surface area contributed by atoms with Crippen molar-refractivity contribution in [2.45, 2.75) is 16.9 Å². The lowest BCUT2D eigenvalue weighted by atomic mass is 10.4. The predicted molar refractivity (Wildman–Crippen MR) is 62.8 cm³/mol. The van der Waals surface area contributed by atoms with E-state index in [2.05, 4.69) is 10.2 Å². The standard InChI is InChI=1S/C10H8N2O3S2/c13-9-7(3-4-14-9)17-10-12-11-8(15-10)6-2-1-5-16-6/h1-2,5,7H,3-4H2/t7-/m0/s1. The summed E-state index contributed by atoms with van der Waals surface area (Å²) in [7, 11) is 0. The summed E-state index contributed by atoms with van der Waals surface area (Å²) >= 11 is 2.80. The highest BCUT2D eigenvalue weighted by molar-refractivity contribution is 8.00. The molecule has 1 saturated heterocycles. The van der Waals surface area contributed by atoms with Crippen LogP contribution in [-0.2, 0) is 9.53 Å². The second-order valence-electron chi connectivity index (χ2n) is 3.41. The Kier molecular flexibility index (Phi) is 2.86. The van der Waals surface area contributed by atoms with Crippen molar-refractivity contribution >= 4 is 29.1 Å². The minimum atomic E-state index is -0.216. The first-order valence-corrected chi connectivity index (χ1v) is 6.79. The molecule has 7 heteroatoms. The molecule has 3 heterocycles. The summed E-state index contributed by atoms with van der Waals surface area (Å²) in [6.45, 7) is 0.475. The number of hydrogen-bond donors (Lipinski definition) is 0. The van der Waals surface area contributed by atoms with E-state index in [0.717, 1.165) is 4.88 Å². The van der Waals surface area contributed by atoms with Gasteiger partial charge in [-0.05, 0) is 23.2 Å². The highest BCUT2D eigenvalue weighted by Gasteiger charge is 2.29. The summed E-state index contributed by atoms with van der Waals surface area (Å²) in [6.07, 6.45) is 0.695. The van der Waals surface area contributed by atoms with Crippen LogP contribution in [0.5, 0.6) is 0 Å². The topological polar surface area (TPSA) is 65.2 Å². The Balaban J connectivity index is 1.75. The van der Waals surface area contributed by atoms with Gasteiger partial charge in [-0.25, -0.2) is 0 Å². The van der Waals surface area contributed by atoms with Gasteiger partial charge < -0.3 is 9.15 Å². The van der Waals surface area contributed by atoms with Gasteiger partial charge in [0, 0.05) is 6.42 Å². The average Bonchev–Trinajstić information content (AvgIpc) is 3.02. The molecule has 1 atom stereocenters. The van der Waals surface area contributed by atoms with E-state index in [9.17, 15) is 4.79 Å². The molecule has 0 unspecified atom stereocenters. The second kappa shape index (κ2) is 4.50.